The number of nitrogens with zero attached hydrogens (tertiary/aromatic N) is 3. The van der Waals surface area contributed by atoms with Crippen LogP contribution < -0.4 is 16.2 Å². The van der Waals surface area contributed by atoms with E-state index in [0.29, 0.717) is 42.8 Å². The summed E-state index contributed by atoms with van der Waals surface area (Å²) >= 11 is 0. The summed E-state index contributed by atoms with van der Waals surface area (Å²) in [5.74, 6) is 6.37. The lowest BCUT2D eigenvalue weighted by Gasteiger charge is -2.35. The van der Waals surface area contributed by atoms with E-state index < -0.39 is 11.7 Å². The van der Waals surface area contributed by atoms with Crippen molar-refractivity contribution in [2.75, 3.05) is 18.8 Å². The summed E-state index contributed by atoms with van der Waals surface area (Å²) in [7, 11) is 0. The first-order chi connectivity index (χ1) is 16.9. The number of nitrogens with two attached hydrogens (primary N) is 2. The van der Waals surface area contributed by atoms with Crippen LogP contribution in [0.15, 0.2) is 47.7 Å². The van der Waals surface area contributed by atoms with Crippen LogP contribution in [0.3, 0.4) is 0 Å². The van der Waals surface area contributed by atoms with Crippen LogP contribution in [0.2, 0.25) is 0 Å². The predicted octanol–water partition coefficient (Wildman–Crippen LogP) is 0.788. The van der Waals surface area contributed by atoms with Gasteiger partial charge in [0.1, 0.15) is 12.2 Å². The van der Waals surface area contributed by atoms with Crippen LogP contribution in [-0.4, -0.2) is 67.4 Å². The number of hydrogen-bond acceptors (Lipinski definition) is 10. The monoisotopic (exact) mass is 495 g/mol. The highest BCUT2D eigenvalue weighted by Gasteiger charge is 2.32. The van der Waals surface area contributed by atoms with Crippen LogP contribution in [0.25, 0.3) is 5.57 Å². The van der Waals surface area contributed by atoms with Crippen molar-refractivity contribution in [3.63, 3.8) is 0 Å². The molecule has 1 aromatic heterocycles. The maximum Gasteiger partial charge on any atom is 0.345 e. The zero-order valence-electron chi connectivity index (χ0n) is 20.4. The molecule has 2 aromatic rings. The summed E-state index contributed by atoms with van der Waals surface area (Å²) in [4.78, 5) is 9.95. The van der Waals surface area contributed by atoms with E-state index in [4.69, 9.17) is 16.2 Å². The van der Waals surface area contributed by atoms with E-state index >= 15 is 0 Å². The molecular weight excluding hydrogens is 462 g/mol. The highest BCUT2D eigenvalue weighted by molar-refractivity contribution is 6.09. The number of allylic oxidation sites excluding steroid dienone is 1. The number of rotatable bonds is 7. The van der Waals surface area contributed by atoms with Crippen LogP contribution in [0.4, 0.5) is 5.82 Å². The molecule has 10 heteroatoms. The Hall–Kier alpha value is -3.46. The van der Waals surface area contributed by atoms with Gasteiger partial charge in [0.05, 0.1) is 6.04 Å². The standard InChI is InChI=1S/C26H33N5O5/c1-25(2,32)9-6-18-4-3-5-19(12-18)17-36-23-13-20(15-30-24(23)28)21(14-27)16-29-22-7-10-31(11-8-22)26(33,34)35/h3-5,12-16,22,32-35H,7-8,10-11,17,27H2,1-2H3,(H2,28,30). The van der Waals surface area contributed by atoms with Gasteiger partial charge in [-0.1, -0.05) is 24.0 Å². The minimum absolute atomic E-state index is 0.0530. The second-order valence-electron chi connectivity index (χ2n) is 9.12. The fourth-order valence-corrected chi connectivity index (χ4v) is 3.57. The second-order valence-corrected chi connectivity index (χ2v) is 9.12. The van der Waals surface area contributed by atoms with Gasteiger partial charge in [-0.05, 0) is 50.5 Å². The number of aliphatic hydroxyl groups is 4. The lowest BCUT2D eigenvalue weighted by molar-refractivity contribution is -0.395. The van der Waals surface area contributed by atoms with Crippen LogP contribution in [0.1, 0.15) is 43.4 Å². The van der Waals surface area contributed by atoms with Crippen LogP contribution in [0.5, 0.6) is 5.75 Å². The first kappa shape index (κ1) is 27.1. The number of aromatic nitrogens is 1. The Bertz CT molecular complexity index is 1160. The molecule has 1 saturated heterocycles. The molecular formula is C26H33N5O5. The third-order valence-corrected chi connectivity index (χ3v) is 5.54. The van der Waals surface area contributed by atoms with Crippen molar-refractivity contribution in [2.45, 2.75) is 51.0 Å². The number of piperidine rings is 1. The van der Waals surface area contributed by atoms with Gasteiger partial charge in [0.15, 0.2) is 11.6 Å². The normalized spacial score (nSPS) is 16.1. The number of ether oxygens (including phenoxy) is 1. The van der Waals surface area contributed by atoms with Gasteiger partial charge >= 0.3 is 6.10 Å². The van der Waals surface area contributed by atoms with Gasteiger partial charge in [-0.15, -0.1) is 0 Å². The number of benzene rings is 1. The first-order valence-corrected chi connectivity index (χ1v) is 11.5. The first-order valence-electron chi connectivity index (χ1n) is 11.5. The van der Waals surface area contributed by atoms with Crippen molar-refractivity contribution < 1.29 is 25.2 Å². The Morgan fingerprint density at radius 3 is 2.58 bits per heavy atom. The van der Waals surface area contributed by atoms with E-state index in [1.54, 1.807) is 32.3 Å². The number of pyridine rings is 1. The molecule has 1 aromatic carbocycles. The molecule has 1 fully saturated rings. The van der Waals surface area contributed by atoms with Gasteiger partial charge in [-0.25, -0.2) is 9.88 Å². The largest absolute Gasteiger partial charge is 0.485 e. The molecule has 0 saturated carbocycles. The summed E-state index contributed by atoms with van der Waals surface area (Å²) < 4.78 is 5.92. The molecule has 0 aliphatic carbocycles. The van der Waals surface area contributed by atoms with Crippen molar-refractivity contribution in [1.82, 2.24) is 9.88 Å². The van der Waals surface area contributed by atoms with E-state index in [9.17, 15) is 20.4 Å². The van der Waals surface area contributed by atoms with Crippen molar-refractivity contribution in [2.24, 2.45) is 10.7 Å². The molecule has 0 bridgehead atoms. The van der Waals surface area contributed by atoms with Crippen LogP contribution >= 0.6 is 0 Å². The van der Waals surface area contributed by atoms with E-state index in [1.165, 1.54) is 11.1 Å². The molecule has 36 heavy (non-hydrogen) atoms. The van der Waals surface area contributed by atoms with Gasteiger partial charge in [-0.3, -0.25) is 4.99 Å². The van der Waals surface area contributed by atoms with Crippen molar-refractivity contribution in [3.05, 3.63) is 59.4 Å². The lowest BCUT2D eigenvalue weighted by Crippen LogP contribution is -2.52. The minimum Gasteiger partial charge on any atom is -0.485 e. The smallest absolute Gasteiger partial charge is 0.345 e. The number of aliphatic imine (C=N–C) groups is 1. The van der Waals surface area contributed by atoms with E-state index in [0.717, 1.165) is 11.1 Å². The van der Waals surface area contributed by atoms with Gasteiger partial charge in [0, 0.05) is 48.4 Å². The molecule has 0 unspecified atom stereocenters. The number of anilines is 1. The Balaban J connectivity index is 1.66. The fraction of sp³-hybridized carbons (Fsp3) is 0.385. The summed E-state index contributed by atoms with van der Waals surface area (Å²) in [6, 6.07) is 9.19. The van der Waals surface area contributed by atoms with E-state index in [-0.39, 0.29) is 18.5 Å². The molecule has 8 N–H and O–H groups in total. The summed E-state index contributed by atoms with van der Waals surface area (Å²) in [6.07, 6.45) is 2.93. The maximum absolute atomic E-state index is 9.80. The van der Waals surface area contributed by atoms with Gasteiger partial charge in [0.25, 0.3) is 0 Å². The van der Waals surface area contributed by atoms with Gasteiger partial charge < -0.3 is 36.6 Å². The van der Waals surface area contributed by atoms with Gasteiger partial charge in [0.2, 0.25) is 0 Å². The van der Waals surface area contributed by atoms with Crippen LogP contribution in [-0.2, 0) is 6.61 Å². The van der Waals surface area contributed by atoms with E-state index in [2.05, 4.69) is 21.8 Å². The topological polar surface area (TPSA) is 171 Å². The second kappa shape index (κ2) is 11.5. The van der Waals surface area contributed by atoms with Crippen molar-refractivity contribution in [3.8, 4) is 17.6 Å². The van der Waals surface area contributed by atoms with Gasteiger partial charge in [-0.2, -0.15) is 0 Å². The minimum atomic E-state index is -2.81. The Kier molecular flexibility index (Phi) is 8.68. The zero-order valence-corrected chi connectivity index (χ0v) is 20.4. The molecule has 10 nitrogen and oxygen atoms in total. The Morgan fingerprint density at radius 2 is 1.94 bits per heavy atom. The third kappa shape index (κ3) is 8.05. The maximum atomic E-state index is 9.80. The summed E-state index contributed by atoms with van der Waals surface area (Å²) in [6.45, 7) is 4.07. The third-order valence-electron chi connectivity index (χ3n) is 5.54. The van der Waals surface area contributed by atoms with Crippen LogP contribution in [0, 0.1) is 11.8 Å². The highest BCUT2D eigenvalue weighted by Crippen LogP contribution is 2.25. The lowest BCUT2D eigenvalue weighted by atomic mass is 10.1. The molecule has 0 spiro atoms. The van der Waals surface area contributed by atoms with Crippen molar-refractivity contribution in [1.29, 1.82) is 0 Å². The molecule has 1 aliphatic heterocycles. The Morgan fingerprint density at radius 1 is 1.22 bits per heavy atom. The van der Waals surface area contributed by atoms with E-state index in [1.807, 2.05) is 24.3 Å². The number of nitrogen functional groups attached to an aromatic ring is 1. The highest BCUT2D eigenvalue weighted by atomic mass is 16.7. The molecule has 0 amide bonds. The molecule has 3 rings (SSSR count). The molecule has 0 atom stereocenters. The predicted molar refractivity (Wildman–Crippen MR) is 137 cm³/mol. The summed E-state index contributed by atoms with van der Waals surface area (Å²) in [5.41, 5.74) is 13.7. The molecule has 192 valence electrons. The number of likely N-dealkylation sites (tertiary alicyclic amines) is 1. The molecule has 1 aliphatic rings. The Labute approximate surface area is 210 Å². The zero-order chi connectivity index (χ0) is 26.3. The average molecular weight is 496 g/mol. The average Bonchev–Trinajstić information content (AvgIpc) is 2.83. The quantitative estimate of drug-likeness (QED) is 0.185. The SMILES string of the molecule is CC(C)(O)C#Cc1cccc(COc2cc(C(C=NC3CCN(C(O)(O)O)CC3)=CN)cnc2N)c1. The molecule has 2 heterocycles. The fourth-order valence-electron chi connectivity index (χ4n) is 3.57. The number of hydrogen-bond donors (Lipinski definition) is 6. The molecule has 0 radical (unpaired) electrons. The summed E-state index contributed by atoms with van der Waals surface area (Å²) in [5, 5.41) is 37.7. The van der Waals surface area contributed by atoms with Crippen molar-refractivity contribution >= 4 is 17.6 Å².